The van der Waals surface area contributed by atoms with Gasteiger partial charge in [0.2, 0.25) is 0 Å². The Balaban J connectivity index is 1.97. The maximum Gasteiger partial charge on any atom is 0.129 e. The third-order valence-electron chi connectivity index (χ3n) is 3.67. The van der Waals surface area contributed by atoms with Crippen molar-refractivity contribution in [3.8, 4) is 5.75 Å². The number of fused-ring (bicyclic) bond motifs is 1. The predicted octanol–water partition coefficient (Wildman–Crippen LogP) is 3.38. The summed E-state index contributed by atoms with van der Waals surface area (Å²) in [5.74, 6) is 0.949. The molecular weight excluding hydrogens is 198 g/mol. The minimum Gasteiger partial charge on any atom is -0.482 e. The van der Waals surface area contributed by atoms with Crippen LogP contribution in [0.3, 0.4) is 0 Å². The van der Waals surface area contributed by atoms with Crippen LogP contribution in [0.2, 0.25) is 0 Å². The largest absolute Gasteiger partial charge is 0.482 e. The van der Waals surface area contributed by atoms with Crippen LogP contribution in [0, 0.1) is 0 Å². The molecule has 3 rings (SSSR count). The Morgan fingerprint density at radius 3 is 2.75 bits per heavy atom. The van der Waals surface area contributed by atoms with E-state index in [0.717, 1.165) is 29.8 Å². The van der Waals surface area contributed by atoms with E-state index in [-0.39, 0.29) is 5.60 Å². The van der Waals surface area contributed by atoms with Gasteiger partial charge < -0.3 is 10.5 Å². The highest BCUT2D eigenvalue weighted by atomic mass is 16.5. The van der Waals surface area contributed by atoms with Gasteiger partial charge in [0, 0.05) is 11.3 Å². The summed E-state index contributed by atoms with van der Waals surface area (Å²) in [5, 5.41) is 0. The van der Waals surface area contributed by atoms with Crippen LogP contribution >= 0.6 is 0 Å². The molecule has 0 amide bonds. The number of ether oxygens (including phenoxy) is 1. The smallest absolute Gasteiger partial charge is 0.129 e. The van der Waals surface area contributed by atoms with Crippen molar-refractivity contribution in [3.05, 3.63) is 29.8 Å². The number of nitrogen functional groups attached to an aromatic ring is 1. The summed E-state index contributed by atoms with van der Waals surface area (Å²) < 4.78 is 6.17. The molecule has 1 heterocycles. The van der Waals surface area contributed by atoms with Gasteiger partial charge in [0.15, 0.2) is 0 Å². The highest BCUT2D eigenvalue weighted by Gasteiger charge is 2.34. The fraction of sp³-hybridized carbons (Fsp3) is 0.429. The maximum absolute atomic E-state index is 6.17. The van der Waals surface area contributed by atoms with Crippen molar-refractivity contribution in [2.75, 3.05) is 5.73 Å². The zero-order chi connectivity index (χ0) is 11.0. The summed E-state index contributed by atoms with van der Waals surface area (Å²) >= 11 is 0. The lowest BCUT2D eigenvalue weighted by Crippen LogP contribution is -2.37. The van der Waals surface area contributed by atoms with Crippen molar-refractivity contribution in [1.29, 1.82) is 0 Å². The summed E-state index contributed by atoms with van der Waals surface area (Å²) in [5.41, 5.74) is 7.73. The molecule has 0 bridgehead atoms. The first-order valence-electron chi connectivity index (χ1n) is 6.06. The lowest BCUT2D eigenvalue weighted by atomic mass is 9.82. The van der Waals surface area contributed by atoms with Gasteiger partial charge in [0.1, 0.15) is 11.4 Å². The fourth-order valence-electron chi connectivity index (χ4n) is 2.74. The van der Waals surface area contributed by atoms with Gasteiger partial charge >= 0.3 is 0 Å². The summed E-state index contributed by atoms with van der Waals surface area (Å²) in [4.78, 5) is 0. The molecule has 84 valence electrons. The van der Waals surface area contributed by atoms with Crippen LogP contribution in [0.1, 0.15) is 37.7 Å². The lowest BCUT2D eigenvalue weighted by molar-refractivity contribution is 0.0754. The molecule has 1 aromatic rings. The second kappa shape index (κ2) is 3.55. The normalized spacial score (nSPS) is 21.5. The Labute approximate surface area is 96.1 Å². The van der Waals surface area contributed by atoms with Gasteiger partial charge in [-0.05, 0) is 50.0 Å². The number of hydrogen-bond acceptors (Lipinski definition) is 2. The molecule has 0 radical (unpaired) electrons. The van der Waals surface area contributed by atoms with E-state index in [4.69, 9.17) is 10.5 Å². The van der Waals surface area contributed by atoms with E-state index in [0.29, 0.717) is 0 Å². The standard InChI is InChI=1S/C14H17NO/c15-12-5-4-6-13-11(12)7-10-14(16-13)8-2-1-3-9-14/h4-7,10H,1-3,8-9,15H2. The first-order valence-corrected chi connectivity index (χ1v) is 6.06. The van der Waals surface area contributed by atoms with E-state index in [1.165, 1.54) is 19.3 Å². The molecule has 2 heteroatoms. The van der Waals surface area contributed by atoms with E-state index in [2.05, 4.69) is 12.2 Å². The van der Waals surface area contributed by atoms with E-state index >= 15 is 0 Å². The van der Waals surface area contributed by atoms with E-state index in [1.807, 2.05) is 18.2 Å². The molecule has 2 N–H and O–H groups in total. The van der Waals surface area contributed by atoms with Crippen molar-refractivity contribution in [1.82, 2.24) is 0 Å². The van der Waals surface area contributed by atoms with E-state index < -0.39 is 0 Å². The number of hydrogen-bond donors (Lipinski definition) is 1. The van der Waals surface area contributed by atoms with Gasteiger partial charge in [-0.25, -0.2) is 0 Å². The Bertz CT molecular complexity index is 430. The second-order valence-corrected chi connectivity index (χ2v) is 4.82. The molecule has 0 aromatic heterocycles. The zero-order valence-corrected chi connectivity index (χ0v) is 9.41. The van der Waals surface area contributed by atoms with Crippen LogP contribution in [0.5, 0.6) is 5.75 Å². The Hall–Kier alpha value is -1.44. The lowest BCUT2D eigenvalue weighted by Gasteiger charge is -2.38. The molecule has 1 spiro atoms. The molecular formula is C14H17NO. The molecule has 16 heavy (non-hydrogen) atoms. The molecule has 0 atom stereocenters. The third-order valence-corrected chi connectivity index (χ3v) is 3.67. The Morgan fingerprint density at radius 1 is 1.12 bits per heavy atom. The average molecular weight is 215 g/mol. The molecule has 0 unspecified atom stereocenters. The second-order valence-electron chi connectivity index (χ2n) is 4.82. The third kappa shape index (κ3) is 1.49. The van der Waals surface area contributed by atoms with Crippen molar-refractivity contribution in [2.24, 2.45) is 0 Å². The SMILES string of the molecule is Nc1cccc2c1C=CC1(CCCCC1)O2. The molecule has 1 aromatic carbocycles. The molecule has 2 aliphatic rings. The number of benzene rings is 1. The number of anilines is 1. The van der Waals surface area contributed by atoms with Crippen LogP contribution in [0.15, 0.2) is 24.3 Å². The van der Waals surface area contributed by atoms with Gasteiger partial charge in [-0.1, -0.05) is 12.5 Å². The zero-order valence-electron chi connectivity index (χ0n) is 9.41. The highest BCUT2D eigenvalue weighted by Crippen LogP contribution is 2.41. The maximum atomic E-state index is 6.17. The summed E-state index contributed by atoms with van der Waals surface area (Å²) in [6, 6.07) is 5.90. The van der Waals surface area contributed by atoms with Crippen molar-refractivity contribution < 1.29 is 4.74 Å². The summed E-state index contributed by atoms with van der Waals surface area (Å²) in [7, 11) is 0. The minimum absolute atomic E-state index is 0.0426. The first-order chi connectivity index (χ1) is 7.79. The molecule has 1 aliphatic heterocycles. The van der Waals surface area contributed by atoms with Gasteiger partial charge in [-0.2, -0.15) is 0 Å². The van der Waals surface area contributed by atoms with Crippen LogP contribution in [0.4, 0.5) is 5.69 Å². The molecule has 0 saturated heterocycles. The van der Waals surface area contributed by atoms with Gasteiger partial charge in [0.05, 0.1) is 0 Å². The van der Waals surface area contributed by atoms with Gasteiger partial charge in [-0.15, -0.1) is 0 Å². The van der Waals surface area contributed by atoms with Crippen molar-refractivity contribution >= 4 is 11.8 Å². The van der Waals surface area contributed by atoms with Gasteiger partial charge in [-0.3, -0.25) is 0 Å². The predicted molar refractivity (Wildman–Crippen MR) is 66.3 cm³/mol. The average Bonchev–Trinajstić information content (AvgIpc) is 2.30. The quantitative estimate of drug-likeness (QED) is 0.673. The summed E-state index contributed by atoms with van der Waals surface area (Å²) in [6.45, 7) is 0. The van der Waals surface area contributed by atoms with E-state index in [1.54, 1.807) is 0 Å². The van der Waals surface area contributed by atoms with Crippen LogP contribution in [-0.2, 0) is 0 Å². The highest BCUT2D eigenvalue weighted by molar-refractivity contribution is 5.72. The van der Waals surface area contributed by atoms with Gasteiger partial charge in [0.25, 0.3) is 0 Å². The van der Waals surface area contributed by atoms with Crippen LogP contribution in [0.25, 0.3) is 6.08 Å². The van der Waals surface area contributed by atoms with Crippen LogP contribution in [-0.4, -0.2) is 5.60 Å². The monoisotopic (exact) mass is 215 g/mol. The topological polar surface area (TPSA) is 35.2 Å². The molecule has 1 saturated carbocycles. The Kier molecular flexibility index (Phi) is 2.16. The number of rotatable bonds is 0. The van der Waals surface area contributed by atoms with Crippen molar-refractivity contribution in [3.63, 3.8) is 0 Å². The molecule has 1 aliphatic carbocycles. The van der Waals surface area contributed by atoms with Crippen molar-refractivity contribution in [2.45, 2.75) is 37.7 Å². The molecule has 1 fully saturated rings. The molecule has 2 nitrogen and oxygen atoms in total. The number of nitrogens with two attached hydrogens (primary N) is 1. The fourth-order valence-corrected chi connectivity index (χ4v) is 2.74. The first kappa shape index (κ1) is 9.76. The Morgan fingerprint density at radius 2 is 1.94 bits per heavy atom. The summed E-state index contributed by atoms with van der Waals surface area (Å²) in [6.07, 6.45) is 10.5. The van der Waals surface area contributed by atoms with Crippen LogP contribution < -0.4 is 10.5 Å². The minimum atomic E-state index is -0.0426. The van der Waals surface area contributed by atoms with E-state index in [9.17, 15) is 0 Å².